The lowest BCUT2D eigenvalue weighted by molar-refractivity contribution is -0.177. The summed E-state index contributed by atoms with van der Waals surface area (Å²) in [4.78, 5) is 12.3. The third kappa shape index (κ3) is 5.32. The summed E-state index contributed by atoms with van der Waals surface area (Å²) in [6.07, 6.45) is -4.34. The molecule has 0 aliphatic carbocycles. The zero-order valence-corrected chi connectivity index (χ0v) is 9.38. The van der Waals surface area contributed by atoms with Crippen LogP contribution in [-0.4, -0.2) is 50.3 Å². The molecule has 7 heteroatoms. The fourth-order valence-electron chi connectivity index (χ4n) is 1.18. The van der Waals surface area contributed by atoms with Crippen LogP contribution in [0.1, 0.15) is 6.92 Å². The Bertz CT molecular complexity index is 221. The first kappa shape index (κ1) is 15.2. The van der Waals surface area contributed by atoms with E-state index >= 15 is 0 Å². The van der Waals surface area contributed by atoms with Crippen molar-refractivity contribution in [3.8, 4) is 0 Å². The first-order valence-corrected chi connectivity index (χ1v) is 4.91. The molecule has 0 aromatic rings. The van der Waals surface area contributed by atoms with Crippen molar-refractivity contribution < 1.29 is 22.7 Å². The highest BCUT2D eigenvalue weighted by Crippen LogP contribution is 2.26. The molecule has 0 saturated carbocycles. The van der Waals surface area contributed by atoms with Crippen molar-refractivity contribution in [1.29, 1.82) is 0 Å². The highest BCUT2D eigenvalue weighted by atomic mass is 19.4. The molecule has 0 heterocycles. The number of nitrogens with zero attached hydrogens (tertiary/aromatic N) is 1. The summed E-state index contributed by atoms with van der Waals surface area (Å²) in [6.45, 7) is 1.08. The normalized spacial score (nSPS) is 13.9. The molecule has 0 rings (SSSR count). The van der Waals surface area contributed by atoms with Gasteiger partial charge in [0, 0.05) is 13.1 Å². The Morgan fingerprint density at radius 1 is 1.50 bits per heavy atom. The summed E-state index contributed by atoms with van der Waals surface area (Å²) >= 11 is 0. The van der Waals surface area contributed by atoms with Crippen molar-refractivity contribution >= 4 is 5.97 Å². The molecule has 0 saturated heterocycles. The number of alkyl halides is 3. The monoisotopic (exact) mass is 242 g/mol. The van der Waals surface area contributed by atoms with Crippen LogP contribution in [0.5, 0.6) is 0 Å². The van der Waals surface area contributed by atoms with Crippen LogP contribution in [0.3, 0.4) is 0 Å². The minimum absolute atomic E-state index is 0.153. The first-order chi connectivity index (χ1) is 7.35. The molecule has 0 aromatic carbocycles. The first-order valence-electron chi connectivity index (χ1n) is 4.91. The molecule has 2 N–H and O–H groups in total. The second-order valence-corrected chi connectivity index (χ2v) is 3.38. The molecule has 0 radical (unpaired) electrons. The van der Waals surface area contributed by atoms with Crippen molar-refractivity contribution in [3.05, 3.63) is 0 Å². The van der Waals surface area contributed by atoms with Crippen molar-refractivity contribution in [2.75, 3.05) is 33.3 Å². The van der Waals surface area contributed by atoms with E-state index < -0.39 is 24.6 Å². The van der Waals surface area contributed by atoms with Gasteiger partial charge >= 0.3 is 12.1 Å². The Morgan fingerprint density at radius 2 is 2.06 bits per heavy atom. The molecular formula is C9H17F3N2O2. The van der Waals surface area contributed by atoms with Gasteiger partial charge in [0.25, 0.3) is 0 Å². The number of esters is 1. The highest BCUT2D eigenvalue weighted by molar-refractivity contribution is 5.71. The van der Waals surface area contributed by atoms with Crippen LogP contribution >= 0.6 is 0 Å². The predicted molar refractivity (Wildman–Crippen MR) is 52.7 cm³/mol. The molecule has 0 spiro atoms. The van der Waals surface area contributed by atoms with Crippen molar-refractivity contribution in [1.82, 2.24) is 4.90 Å². The molecule has 0 aliphatic rings. The molecule has 16 heavy (non-hydrogen) atoms. The molecule has 0 amide bonds. The summed E-state index contributed by atoms with van der Waals surface area (Å²) in [5, 5.41) is 0. The van der Waals surface area contributed by atoms with E-state index in [1.807, 2.05) is 0 Å². The van der Waals surface area contributed by atoms with Gasteiger partial charge in [0.2, 0.25) is 0 Å². The van der Waals surface area contributed by atoms with E-state index in [1.165, 1.54) is 12.0 Å². The van der Waals surface area contributed by atoms with E-state index in [2.05, 4.69) is 4.74 Å². The zero-order valence-electron chi connectivity index (χ0n) is 9.38. The molecule has 0 aliphatic heterocycles. The fourth-order valence-corrected chi connectivity index (χ4v) is 1.18. The minimum Gasteiger partial charge on any atom is -0.468 e. The van der Waals surface area contributed by atoms with Gasteiger partial charge in [-0.1, -0.05) is 6.92 Å². The Labute approximate surface area is 92.5 Å². The average molecular weight is 242 g/mol. The third-order valence-electron chi connectivity index (χ3n) is 2.25. The van der Waals surface area contributed by atoms with Gasteiger partial charge in [0.1, 0.15) is 0 Å². The predicted octanol–water partition coefficient (Wildman–Crippen LogP) is 0.618. The van der Waals surface area contributed by atoms with Crippen molar-refractivity contribution in [2.45, 2.75) is 13.1 Å². The maximum atomic E-state index is 12.4. The molecule has 1 atom stereocenters. The molecule has 0 fully saturated rings. The number of rotatable bonds is 6. The Morgan fingerprint density at radius 3 is 2.38 bits per heavy atom. The van der Waals surface area contributed by atoms with Gasteiger partial charge < -0.3 is 10.5 Å². The van der Waals surface area contributed by atoms with Crippen LogP contribution in [0.2, 0.25) is 0 Å². The second-order valence-electron chi connectivity index (χ2n) is 3.38. The lowest BCUT2D eigenvalue weighted by Gasteiger charge is -2.26. The summed E-state index contributed by atoms with van der Waals surface area (Å²) in [5.41, 5.74) is 5.06. The Balaban J connectivity index is 4.34. The maximum Gasteiger partial charge on any atom is 0.394 e. The number of ether oxygens (including phenoxy) is 1. The Kier molecular flexibility index (Phi) is 6.35. The largest absolute Gasteiger partial charge is 0.468 e. The van der Waals surface area contributed by atoms with E-state index in [0.717, 1.165) is 0 Å². The van der Waals surface area contributed by atoms with Gasteiger partial charge in [0.05, 0.1) is 19.6 Å². The number of halogens is 3. The number of methoxy groups -OCH3 is 1. The lowest BCUT2D eigenvalue weighted by atomic mass is 10.1. The molecule has 0 bridgehead atoms. The van der Waals surface area contributed by atoms with Crippen LogP contribution in [0.4, 0.5) is 13.2 Å². The van der Waals surface area contributed by atoms with Gasteiger partial charge in [-0.3, -0.25) is 9.69 Å². The summed E-state index contributed by atoms with van der Waals surface area (Å²) in [6, 6.07) is 0. The van der Waals surface area contributed by atoms with Crippen molar-refractivity contribution in [3.63, 3.8) is 0 Å². The number of carbonyl (C=O) groups is 1. The number of likely N-dealkylation sites (N-methyl/N-ethyl adjacent to an activating group) is 1. The number of hydrogen-bond acceptors (Lipinski definition) is 4. The third-order valence-corrected chi connectivity index (χ3v) is 2.25. The van der Waals surface area contributed by atoms with E-state index in [-0.39, 0.29) is 13.1 Å². The van der Waals surface area contributed by atoms with Crippen LogP contribution in [0.25, 0.3) is 0 Å². The van der Waals surface area contributed by atoms with Crippen molar-refractivity contribution in [2.24, 2.45) is 11.7 Å². The van der Waals surface area contributed by atoms with Crippen LogP contribution < -0.4 is 5.73 Å². The van der Waals surface area contributed by atoms with Crippen LogP contribution in [-0.2, 0) is 9.53 Å². The molecule has 4 nitrogen and oxygen atoms in total. The number of nitrogens with two attached hydrogens (primary N) is 1. The molecule has 1 unspecified atom stereocenters. The topological polar surface area (TPSA) is 55.6 Å². The van der Waals surface area contributed by atoms with E-state index in [9.17, 15) is 18.0 Å². The number of hydrogen-bond donors (Lipinski definition) is 1. The maximum absolute atomic E-state index is 12.4. The molecule has 96 valence electrons. The van der Waals surface area contributed by atoms with E-state index in [1.54, 1.807) is 6.92 Å². The lowest BCUT2D eigenvalue weighted by Crippen LogP contribution is -2.42. The highest BCUT2D eigenvalue weighted by Gasteiger charge is 2.39. The van der Waals surface area contributed by atoms with Gasteiger partial charge in [0.15, 0.2) is 0 Å². The Hall–Kier alpha value is -0.820. The van der Waals surface area contributed by atoms with Gasteiger partial charge in [-0.2, -0.15) is 13.2 Å². The van der Waals surface area contributed by atoms with Crippen LogP contribution in [0, 0.1) is 5.92 Å². The van der Waals surface area contributed by atoms with E-state index in [4.69, 9.17) is 5.73 Å². The fraction of sp³-hybridized carbons (Fsp3) is 0.889. The number of carbonyl (C=O) groups excluding carboxylic acids is 1. The van der Waals surface area contributed by atoms with Gasteiger partial charge in [-0.05, 0) is 6.54 Å². The standard InChI is InChI=1S/C9H17F3N2O2/c1-3-14(6-8(15)16-2)5-7(4-13)9(10,11)12/h7H,3-6,13H2,1-2H3. The molecular weight excluding hydrogens is 225 g/mol. The SMILES string of the molecule is CCN(CC(=O)OC)CC(CN)C(F)(F)F. The minimum atomic E-state index is -4.34. The van der Waals surface area contributed by atoms with E-state index in [0.29, 0.717) is 6.54 Å². The average Bonchev–Trinajstić information content (AvgIpc) is 2.21. The van der Waals surface area contributed by atoms with Gasteiger partial charge in [-0.15, -0.1) is 0 Å². The molecule has 0 aromatic heterocycles. The zero-order chi connectivity index (χ0) is 12.8. The quantitative estimate of drug-likeness (QED) is 0.694. The second kappa shape index (κ2) is 6.70. The van der Waals surface area contributed by atoms with Crippen LogP contribution in [0.15, 0.2) is 0 Å². The summed E-state index contributed by atoms with van der Waals surface area (Å²) in [5.74, 6) is -2.17. The summed E-state index contributed by atoms with van der Waals surface area (Å²) in [7, 11) is 1.19. The van der Waals surface area contributed by atoms with Gasteiger partial charge in [-0.25, -0.2) is 0 Å². The summed E-state index contributed by atoms with van der Waals surface area (Å²) < 4.78 is 41.6. The smallest absolute Gasteiger partial charge is 0.394 e.